The maximum atomic E-state index is 11.9. The van der Waals surface area contributed by atoms with Crippen molar-refractivity contribution in [3.8, 4) is 0 Å². The molecular formula is C9H10Br2N2O2S. The highest BCUT2D eigenvalue weighted by Gasteiger charge is 2.17. The van der Waals surface area contributed by atoms with E-state index in [-0.39, 0.29) is 18.4 Å². The summed E-state index contributed by atoms with van der Waals surface area (Å²) in [5.74, 6) is -0.356. The highest BCUT2D eigenvalue weighted by Crippen LogP contribution is 2.32. The van der Waals surface area contributed by atoms with Gasteiger partial charge in [0.2, 0.25) is 5.91 Å². The summed E-state index contributed by atoms with van der Waals surface area (Å²) < 4.78 is 1.71. The van der Waals surface area contributed by atoms with E-state index in [1.165, 1.54) is 16.2 Å². The highest BCUT2D eigenvalue weighted by atomic mass is 79.9. The summed E-state index contributed by atoms with van der Waals surface area (Å²) in [6.45, 7) is 0.0580. The number of carbonyl (C=O) groups is 2. The van der Waals surface area contributed by atoms with Crippen molar-refractivity contribution in [2.75, 3.05) is 20.6 Å². The Labute approximate surface area is 114 Å². The Morgan fingerprint density at radius 3 is 2.56 bits per heavy atom. The van der Waals surface area contributed by atoms with Gasteiger partial charge in [-0.1, -0.05) is 0 Å². The third-order valence-corrected chi connectivity index (χ3v) is 5.11. The Bertz CT molecular complexity index is 400. The Morgan fingerprint density at radius 2 is 2.12 bits per heavy atom. The molecular weight excluding hydrogens is 360 g/mol. The van der Waals surface area contributed by atoms with Crippen LogP contribution in [0, 0.1) is 0 Å². The fraction of sp³-hybridized carbons (Fsp3) is 0.333. The van der Waals surface area contributed by atoms with Crippen molar-refractivity contribution in [3.63, 3.8) is 0 Å². The molecule has 2 amide bonds. The van der Waals surface area contributed by atoms with E-state index in [9.17, 15) is 9.59 Å². The third kappa shape index (κ3) is 3.29. The summed E-state index contributed by atoms with van der Waals surface area (Å²) in [7, 11) is 3.14. The van der Waals surface area contributed by atoms with Gasteiger partial charge in [0.15, 0.2) is 0 Å². The van der Waals surface area contributed by atoms with E-state index in [2.05, 4.69) is 37.2 Å². The molecule has 0 unspecified atom stereocenters. The number of nitrogens with one attached hydrogen (secondary N) is 1. The molecule has 0 atom stereocenters. The van der Waals surface area contributed by atoms with Crippen molar-refractivity contribution < 1.29 is 9.59 Å². The second-order valence-electron chi connectivity index (χ2n) is 3.07. The molecule has 7 heteroatoms. The molecule has 1 rings (SSSR count). The van der Waals surface area contributed by atoms with Crippen LogP contribution in [0.2, 0.25) is 0 Å². The van der Waals surface area contributed by atoms with Gasteiger partial charge in [0.05, 0.1) is 15.2 Å². The summed E-state index contributed by atoms with van der Waals surface area (Å²) in [5, 5.41) is 2.47. The molecule has 1 N–H and O–H groups in total. The van der Waals surface area contributed by atoms with Crippen molar-refractivity contribution in [2.45, 2.75) is 0 Å². The number of hydrogen-bond acceptors (Lipinski definition) is 3. The first-order chi connectivity index (χ1) is 7.45. The Balaban J connectivity index is 2.74. The van der Waals surface area contributed by atoms with Crippen LogP contribution in [0.15, 0.2) is 14.3 Å². The standard InChI is InChI=1S/C9H10Br2N2O2S/c1-12-7(14)4-13(2)9(15)6-3-5(10)8(11)16-6/h3H,4H2,1-2H3,(H,12,14). The molecule has 88 valence electrons. The molecule has 0 spiro atoms. The molecule has 16 heavy (non-hydrogen) atoms. The van der Waals surface area contributed by atoms with Gasteiger partial charge in [-0.3, -0.25) is 9.59 Å². The summed E-state index contributed by atoms with van der Waals surface area (Å²) in [6, 6.07) is 1.73. The van der Waals surface area contributed by atoms with E-state index in [0.29, 0.717) is 4.88 Å². The number of rotatable bonds is 3. The van der Waals surface area contributed by atoms with Crippen LogP contribution in [0.1, 0.15) is 9.67 Å². The van der Waals surface area contributed by atoms with Gasteiger partial charge >= 0.3 is 0 Å². The van der Waals surface area contributed by atoms with Crippen LogP contribution in [0.3, 0.4) is 0 Å². The first kappa shape index (κ1) is 13.7. The van der Waals surface area contributed by atoms with E-state index >= 15 is 0 Å². The second kappa shape index (κ2) is 5.79. The first-order valence-corrected chi connectivity index (χ1v) is 6.76. The first-order valence-electron chi connectivity index (χ1n) is 4.36. The predicted octanol–water partition coefficient (Wildman–Crippen LogP) is 2.09. The van der Waals surface area contributed by atoms with E-state index in [1.807, 2.05) is 0 Å². The number of hydrogen-bond donors (Lipinski definition) is 1. The molecule has 0 fully saturated rings. The van der Waals surface area contributed by atoms with Crippen LogP contribution >= 0.6 is 43.2 Å². The van der Waals surface area contributed by atoms with Gasteiger partial charge in [0, 0.05) is 18.6 Å². The Hall–Kier alpha value is -0.400. The van der Waals surface area contributed by atoms with Crippen LogP contribution in [0.4, 0.5) is 0 Å². The zero-order chi connectivity index (χ0) is 12.3. The molecule has 0 aromatic carbocycles. The molecule has 1 heterocycles. The van der Waals surface area contributed by atoms with Crippen LogP contribution < -0.4 is 5.32 Å². The van der Waals surface area contributed by atoms with Gasteiger partial charge < -0.3 is 10.2 Å². The lowest BCUT2D eigenvalue weighted by atomic mass is 10.4. The van der Waals surface area contributed by atoms with Gasteiger partial charge in [-0.2, -0.15) is 0 Å². The van der Waals surface area contributed by atoms with Crippen LogP contribution in [-0.2, 0) is 4.79 Å². The maximum absolute atomic E-state index is 11.9. The van der Waals surface area contributed by atoms with Crippen LogP contribution in [0.25, 0.3) is 0 Å². The zero-order valence-electron chi connectivity index (χ0n) is 8.71. The SMILES string of the molecule is CNC(=O)CN(C)C(=O)c1cc(Br)c(Br)s1. The minimum absolute atomic E-state index is 0.0580. The molecule has 0 radical (unpaired) electrons. The van der Waals surface area contributed by atoms with Gasteiger partial charge in [-0.15, -0.1) is 11.3 Å². The fourth-order valence-electron chi connectivity index (χ4n) is 1.01. The van der Waals surface area contributed by atoms with Gasteiger partial charge in [0.1, 0.15) is 0 Å². The monoisotopic (exact) mass is 368 g/mol. The molecule has 0 aliphatic carbocycles. The summed E-state index contributed by atoms with van der Waals surface area (Å²) in [4.78, 5) is 25.0. The highest BCUT2D eigenvalue weighted by molar-refractivity contribution is 9.13. The van der Waals surface area contributed by atoms with Gasteiger partial charge in [-0.25, -0.2) is 0 Å². The van der Waals surface area contributed by atoms with Crippen molar-refractivity contribution in [2.24, 2.45) is 0 Å². The van der Waals surface area contributed by atoms with Crippen molar-refractivity contribution in [1.82, 2.24) is 10.2 Å². The van der Waals surface area contributed by atoms with Gasteiger partial charge in [0.25, 0.3) is 5.91 Å². The molecule has 0 aliphatic rings. The number of amides is 2. The minimum atomic E-state index is -0.189. The lowest BCUT2D eigenvalue weighted by Gasteiger charge is -2.14. The maximum Gasteiger partial charge on any atom is 0.264 e. The second-order valence-corrected chi connectivity index (χ2v) is 6.29. The molecule has 0 saturated heterocycles. The van der Waals surface area contributed by atoms with E-state index < -0.39 is 0 Å². The summed E-state index contributed by atoms with van der Waals surface area (Å²) >= 11 is 7.96. The number of halogens is 2. The number of nitrogens with zero attached hydrogens (tertiary/aromatic N) is 1. The third-order valence-electron chi connectivity index (χ3n) is 1.86. The molecule has 0 aliphatic heterocycles. The van der Waals surface area contributed by atoms with Crippen LogP contribution in [-0.4, -0.2) is 37.4 Å². The lowest BCUT2D eigenvalue weighted by Crippen LogP contribution is -2.36. The Morgan fingerprint density at radius 1 is 1.50 bits per heavy atom. The largest absolute Gasteiger partial charge is 0.358 e. The topological polar surface area (TPSA) is 49.4 Å². The van der Waals surface area contributed by atoms with Gasteiger partial charge in [-0.05, 0) is 37.9 Å². The van der Waals surface area contributed by atoms with E-state index in [4.69, 9.17) is 0 Å². The summed E-state index contributed by atoms with van der Waals surface area (Å²) in [5.41, 5.74) is 0. The average molecular weight is 370 g/mol. The number of carbonyl (C=O) groups excluding carboxylic acids is 2. The quantitative estimate of drug-likeness (QED) is 0.886. The number of thiophene rings is 1. The van der Waals surface area contributed by atoms with E-state index in [1.54, 1.807) is 20.2 Å². The normalized spacial score (nSPS) is 10.0. The average Bonchev–Trinajstić information content (AvgIpc) is 2.57. The molecule has 0 saturated carbocycles. The Kier molecular flexibility index (Phi) is 4.94. The molecule has 1 aromatic rings. The van der Waals surface area contributed by atoms with Crippen molar-refractivity contribution in [3.05, 3.63) is 19.2 Å². The lowest BCUT2D eigenvalue weighted by molar-refractivity contribution is -0.121. The van der Waals surface area contributed by atoms with Crippen molar-refractivity contribution in [1.29, 1.82) is 0 Å². The number of likely N-dealkylation sites (N-methyl/N-ethyl adjacent to an activating group) is 2. The smallest absolute Gasteiger partial charge is 0.264 e. The van der Waals surface area contributed by atoms with Crippen molar-refractivity contribution >= 4 is 55.0 Å². The zero-order valence-corrected chi connectivity index (χ0v) is 12.7. The van der Waals surface area contributed by atoms with Crippen LogP contribution in [0.5, 0.6) is 0 Å². The molecule has 1 aromatic heterocycles. The minimum Gasteiger partial charge on any atom is -0.358 e. The van der Waals surface area contributed by atoms with E-state index in [0.717, 1.165) is 8.26 Å². The summed E-state index contributed by atoms with van der Waals surface area (Å²) in [6.07, 6.45) is 0. The predicted molar refractivity (Wildman–Crippen MR) is 70.7 cm³/mol. The fourth-order valence-corrected chi connectivity index (χ4v) is 3.04. The molecule has 0 bridgehead atoms. The molecule has 4 nitrogen and oxygen atoms in total.